The molecular formula is C24H21FN4O2S. The first kappa shape index (κ1) is 20.4. The number of pyridine rings is 1. The Kier molecular flexibility index (Phi) is 5.01. The predicted octanol–water partition coefficient (Wildman–Crippen LogP) is 5.16. The van der Waals surface area contributed by atoms with Gasteiger partial charge in [-0.05, 0) is 67.3 Å². The number of hydrogen-bond donors (Lipinski definition) is 2. The highest BCUT2D eigenvalue weighted by molar-refractivity contribution is 7.93. The molecule has 0 spiro atoms. The van der Waals surface area contributed by atoms with Crippen LogP contribution in [0.15, 0.2) is 66.9 Å². The summed E-state index contributed by atoms with van der Waals surface area (Å²) in [5.41, 5.74) is 5.57. The van der Waals surface area contributed by atoms with Crippen LogP contribution in [-0.4, -0.2) is 28.8 Å². The molecule has 4 aromatic rings. The molecule has 2 aromatic carbocycles. The molecule has 5 rings (SSSR count). The van der Waals surface area contributed by atoms with Crippen LogP contribution in [0.2, 0.25) is 0 Å². The lowest BCUT2D eigenvalue weighted by atomic mass is 9.98. The molecule has 0 unspecified atom stereocenters. The fraction of sp³-hybridized carbons (Fsp3) is 0.167. The molecule has 162 valence electrons. The van der Waals surface area contributed by atoms with E-state index in [2.05, 4.69) is 19.9 Å². The standard InChI is InChI=1S/C24H21FN4O2S/c1-15-3-2-4-23(27-15)24-21(14-26-28-24)17-7-12-22(25)20(13-17)16-5-8-18(9-6-16)29-32(30,31)19-10-11-19/h2-9,12-14,19,29H,10-11H2,1H3,(H,26,28). The molecule has 8 heteroatoms. The molecule has 2 aromatic heterocycles. The zero-order valence-electron chi connectivity index (χ0n) is 17.3. The molecule has 0 radical (unpaired) electrons. The second-order valence-electron chi connectivity index (χ2n) is 7.94. The van der Waals surface area contributed by atoms with E-state index in [4.69, 9.17) is 0 Å². The molecular weight excluding hydrogens is 427 g/mol. The SMILES string of the molecule is Cc1cccc(-c2[nH]ncc2-c2ccc(F)c(-c3ccc(NS(=O)(=O)C4CC4)cc3)c2)n1. The van der Waals surface area contributed by atoms with E-state index < -0.39 is 10.0 Å². The molecule has 0 saturated heterocycles. The number of halogens is 1. The monoisotopic (exact) mass is 448 g/mol. The van der Waals surface area contributed by atoms with E-state index in [0.29, 0.717) is 29.7 Å². The van der Waals surface area contributed by atoms with E-state index in [0.717, 1.165) is 28.2 Å². The van der Waals surface area contributed by atoms with Crippen molar-refractivity contribution >= 4 is 15.7 Å². The topological polar surface area (TPSA) is 87.7 Å². The molecule has 1 saturated carbocycles. The molecule has 6 nitrogen and oxygen atoms in total. The first-order chi connectivity index (χ1) is 15.4. The van der Waals surface area contributed by atoms with Crippen molar-refractivity contribution in [1.29, 1.82) is 0 Å². The van der Waals surface area contributed by atoms with E-state index in [1.54, 1.807) is 42.6 Å². The van der Waals surface area contributed by atoms with Crippen molar-refractivity contribution < 1.29 is 12.8 Å². The molecule has 0 aliphatic heterocycles. The number of H-pyrrole nitrogens is 1. The highest BCUT2D eigenvalue weighted by atomic mass is 32.2. The minimum Gasteiger partial charge on any atom is -0.283 e. The third kappa shape index (κ3) is 4.01. The van der Waals surface area contributed by atoms with Crippen molar-refractivity contribution in [3.05, 3.63) is 78.4 Å². The summed E-state index contributed by atoms with van der Waals surface area (Å²) in [7, 11) is -3.34. The lowest BCUT2D eigenvalue weighted by molar-refractivity contribution is 0.600. The van der Waals surface area contributed by atoms with Gasteiger partial charge in [0.25, 0.3) is 0 Å². The van der Waals surface area contributed by atoms with Crippen molar-refractivity contribution in [1.82, 2.24) is 15.2 Å². The van der Waals surface area contributed by atoms with Gasteiger partial charge in [0.1, 0.15) is 5.82 Å². The smallest absolute Gasteiger partial charge is 0.235 e. The summed E-state index contributed by atoms with van der Waals surface area (Å²) in [6.45, 7) is 1.92. The lowest BCUT2D eigenvalue weighted by Gasteiger charge is -2.10. The largest absolute Gasteiger partial charge is 0.283 e. The summed E-state index contributed by atoms with van der Waals surface area (Å²) >= 11 is 0. The molecule has 2 heterocycles. The van der Waals surface area contributed by atoms with Gasteiger partial charge in [-0.2, -0.15) is 5.10 Å². The molecule has 2 N–H and O–H groups in total. The summed E-state index contributed by atoms with van der Waals surface area (Å²) in [6, 6.07) is 17.4. The Labute approximate surface area is 185 Å². The average molecular weight is 449 g/mol. The van der Waals surface area contributed by atoms with E-state index >= 15 is 0 Å². The minimum absolute atomic E-state index is 0.302. The second-order valence-corrected chi connectivity index (χ2v) is 9.90. The fourth-order valence-electron chi connectivity index (χ4n) is 3.64. The maximum absolute atomic E-state index is 14.7. The number of aromatic amines is 1. The molecule has 0 bridgehead atoms. The van der Waals surface area contributed by atoms with Gasteiger partial charge in [0.15, 0.2) is 0 Å². The second kappa shape index (κ2) is 7.87. The van der Waals surface area contributed by atoms with Gasteiger partial charge in [-0.1, -0.05) is 24.3 Å². The number of aryl methyl sites for hydroxylation is 1. The van der Waals surface area contributed by atoms with E-state index in [1.165, 1.54) is 6.07 Å². The highest BCUT2D eigenvalue weighted by Crippen LogP contribution is 2.34. The van der Waals surface area contributed by atoms with Crippen molar-refractivity contribution in [2.24, 2.45) is 0 Å². The van der Waals surface area contributed by atoms with Gasteiger partial charge in [0, 0.05) is 22.5 Å². The van der Waals surface area contributed by atoms with E-state index in [1.807, 2.05) is 25.1 Å². The Balaban J connectivity index is 1.47. The van der Waals surface area contributed by atoms with Crippen LogP contribution in [0.4, 0.5) is 10.1 Å². The van der Waals surface area contributed by atoms with Crippen LogP contribution in [0.3, 0.4) is 0 Å². The summed E-state index contributed by atoms with van der Waals surface area (Å²) < 4.78 is 41.6. The van der Waals surface area contributed by atoms with Gasteiger partial charge in [-0.15, -0.1) is 0 Å². The molecule has 0 atom stereocenters. The van der Waals surface area contributed by atoms with Crippen LogP contribution in [0.25, 0.3) is 33.6 Å². The van der Waals surface area contributed by atoms with Crippen LogP contribution in [0, 0.1) is 12.7 Å². The fourth-order valence-corrected chi connectivity index (χ4v) is 5.03. The van der Waals surface area contributed by atoms with Crippen LogP contribution in [-0.2, 0) is 10.0 Å². The summed E-state index contributed by atoms with van der Waals surface area (Å²) in [4.78, 5) is 4.55. The number of benzene rings is 2. The van der Waals surface area contributed by atoms with Gasteiger partial charge in [-0.25, -0.2) is 12.8 Å². The van der Waals surface area contributed by atoms with E-state index in [-0.39, 0.29) is 11.1 Å². The number of hydrogen-bond acceptors (Lipinski definition) is 4. The number of nitrogens with one attached hydrogen (secondary N) is 2. The van der Waals surface area contributed by atoms with Crippen LogP contribution >= 0.6 is 0 Å². The van der Waals surface area contributed by atoms with Crippen molar-refractivity contribution in [2.75, 3.05) is 4.72 Å². The minimum atomic E-state index is -3.34. The lowest BCUT2D eigenvalue weighted by Crippen LogP contribution is -2.17. The molecule has 1 aliphatic carbocycles. The Hall–Kier alpha value is -3.52. The third-order valence-corrected chi connectivity index (χ3v) is 7.35. The Morgan fingerprint density at radius 2 is 1.75 bits per heavy atom. The van der Waals surface area contributed by atoms with Gasteiger partial charge < -0.3 is 0 Å². The number of aromatic nitrogens is 3. The molecule has 1 aliphatic rings. The van der Waals surface area contributed by atoms with Gasteiger partial charge in [0.2, 0.25) is 10.0 Å². The van der Waals surface area contributed by atoms with Crippen LogP contribution < -0.4 is 4.72 Å². The maximum Gasteiger partial charge on any atom is 0.235 e. The Morgan fingerprint density at radius 1 is 1.00 bits per heavy atom. The Bertz CT molecular complexity index is 1390. The quantitative estimate of drug-likeness (QED) is 0.427. The molecule has 1 fully saturated rings. The van der Waals surface area contributed by atoms with Crippen molar-refractivity contribution in [2.45, 2.75) is 25.0 Å². The number of nitrogens with zero attached hydrogens (tertiary/aromatic N) is 2. The number of anilines is 1. The van der Waals surface area contributed by atoms with Crippen molar-refractivity contribution in [3.63, 3.8) is 0 Å². The van der Waals surface area contributed by atoms with Crippen LogP contribution in [0.5, 0.6) is 0 Å². The zero-order valence-corrected chi connectivity index (χ0v) is 18.2. The van der Waals surface area contributed by atoms with Crippen molar-refractivity contribution in [3.8, 4) is 33.6 Å². The van der Waals surface area contributed by atoms with Gasteiger partial charge >= 0.3 is 0 Å². The summed E-state index contributed by atoms with van der Waals surface area (Å²) in [5, 5.41) is 6.86. The summed E-state index contributed by atoms with van der Waals surface area (Å²) in [6.07, 6.45) is 3.09. The zero-order chi connectivity index (χ0) is 22.3. The summed E-state index contributed by atoms with van der Waals surface area (Å²) in [5.74, 6) is -0.362. The number of rotatable bonds is 6. The Morgan fingerprint density at radius 3 is 2.47 bits per heavy atom. The third-order valence-electron chi connectivity index (χ3n) is 5.48. The molecule has 0 amide bonds. The highest BCUT2D eigenvalue weighted by Gasteiger charge is 2.35. The van der Waals surface area contributed by atoms with Gasteiger partial charge in [0.05, 0.1) is 22.8 Å². The predicted molar refractivity (Wildman–Crippen MR) is 123 cm³/mol. The maximum atomic E-state index is 14.7. The van der Waals surface area contributed by atoms with E-state index in [9.17, 15) is 12.8 Å². The first-order valence-corrected chi connectivity index (χ1v) is 11.8. The van der Waals surface area contributed by atoms with Crippen LogP contribution in [0.1, 0.15) is 18.5 Å². The number of sulfonamides is 1. The average Bonchev–Trinajstić information content (AvgIpc) is 3.53. The normalized spacial score (nSPS) is 13.8. The first-order valence-electron chi connectivity index (χ1n) is 10.3. The molecule has 32 heavy (non-hydrogen) atoms. The van der Waals surface area contributed by atoms with Gasteiger partial charge in [-0.3, -0.25) is 14.8 Å².